The van der Waals surface area contributed by atoms with Crippen LogP contribution in [0.1, 0.15) is 31.4 Å². The maximum atomic E-state index is 13.7. The molecule has 0 saturated carbocycles. The molecule has 2 N–H and O–H groups in total. The van der Waals surface area contributed by atoms with E-state index in [1.165, 1.54) is 6.07 Å². The minimum absolute atomic E-state index is 0.164. The topological polar surface area (TPSA) is 70.7 Å². The van der Waals surface area contributed by atoms with Gasteiger partial charge in [-0.1, -0.05) is 6.07 Å². The summed E-state index contributed by atoms with van der Waals surface area (Å²) in [6, 6.07) is 1.90. The summed E-state index contributed by atoms with van der Waals surface area (Å²) in [5, 5.41) is 5.28. The Labute approximate surface area is 150 Å². The molecule has 0 aromatic heterocycles. The molecule has 1 aromatic carbocycles. The summed E-state index contributed by atoms with van der Waals surface area (Å²) in [5.74, 6) is -2.63. The van der Waals surface area contributed by atoms with Crippen LogP contribution in [0.2, 0.25) is 0 Å². The van der Waals surface area contributed by atoms with Gasteiger partial charge in [-0.15, -0.1) is 0 Å². The number of halogens is 2. The van der Waals surface area contributed by atoms with Gasteiger partial charge in [-0.25, -0.2) is 18.4 Å². The lowest BCUT2D eigenvalue weighted by Gasteiger charge is -2.31. The van der Waals surface area contributed by atoms with Gasteiger partial charge in [0.2, 0.25) is 0 Å². The van der Waals surface area contributed by atoms with E-state index in [0.717, 1.165) is 38.1 Å². The summed E-state index contributed by atoms with van der Waals surface area (Å²) in [6.07, 6.45) is 2.11. The van der Waals surface area contributed by atoms with E-state index in [9.17, 15) is 18.4 Å². The molecular formula is C18H21F2N3O3. The number of hydrogen-bond acceptors (Lipinski definition) is 4. The van der Waals surface area contributed by atoms with Crippen molar-refractivity contribution in [2.75, 3.05) is 26.2 Å². The molecule has 1 aromatic rings. The van der Waals surface area contributed by atoms with Crippen LogP contribution in [-0.4, -0.2) is 43.1 Å². The monoisotopic (exact) mass is 365 g/mol. The highest BCUT2D eigenvalue weighted by atomic mass is 19.2. The van der Waals surface area contributed by atoms with Gasteiger partial charge in [0.05, 0.1) is 18.2 Å². The quantitative estimate of drug-likeness (QED) is 0.785. The van der Waals surface area contributed by atoms with E-state index >= 15 is 0 Å². The highest BCUT2D eigenvalue weighted by Crippen LogP contribution is 2.29. The van der Waals surface area contributed by atoms with Gasteiger partial charge in [0.15, 0.2) is 11.6 Å². The van der Waals surface area contributed by atoms with Crippen molar-refractivity contribution in [2.24, 2.45) is 0 Å². The Morgan fingerprint density at radius 2 is 2.00 bits per heavy atom. The van der Waals surface area contributed by atoms with E-state index in [1.54, 1.807) is 6.92 Å². The fourth-order valence-corrected chi connectivity index (χ4v) is 3.30. The lowest BCUT2D eigenvalue weighted by atomic mass is 9.94. The summed E-state index contributed by atoms with van der Waals surface area (Å²) in [6.45, 7) is 3.98. The minimum atomic E-state index is -1.04. The summed E-state index contributed by atoms with van der Waals surface area (Å²) in [7, 11) is 0. The van der Waals surface area contributed by atoms with Crippen LogP contribution >= 0.6 is 0 Å². The lowest BCUT2D eigenvalue weighted by molar-refractivity contribution is -0.139. The first kappa shape index (κ1) is 18.3. The van der Waals surface area contributed by atoms with Crippen molar-refractivity contribution in [3.8, 4) is 0 Å². The zero-order valence-electron chi connectivity index (χ0n) is 14.5. The van der Waals surface area contributed by atoms with Crippen molar-refractivity contribution in [2.45, 2.75) is 25.8 Å². The third-order valence-corrected chi connectivity index (χ3v) is 4.51. The van der Waals surface area contributed by atoms with Gasteiger partial charge >= 0.3 is 12.0 Å². The molecule has 6 nitrogen and oxygen atoms in total. The van der Waals surface area contributed by atoms with Crippen LogP contribution in [0.5, 0.6) is 0 Å². The van der Waals surface area contributed by atoms with E-state index in [1.807, 2.05) is 0 Å². The van der Waals surface area contributed by atoms with Gasteiger partial charge in [0.1, 0.15) is 0 Å². The maximum Gasteiger partial charge on any atom is 0.338 e. The molecule has 8 heteroatoms. The van der Waals surface area contributed by atoms with Crippen molar-refractivity contribution in [1.29, 1.82) is 0 Å². The van der Waals surface area contributed by atoms with Crippen LogP contribution in [0.3, 0.4) is 0 Å². The summed E-state index contributed by atoms with van der Waals surface area (Å²) < 4.78 is 32.1. The zero-order valence-corrected chi connectivity index (χ0v) is 14.5. The van der Waals surface area contributed by atoms with E-state index < -0.39 is 29.7 Å². The van der Waals surface area contributed by atoms with Crippen molar-refractivity contribution >= 4 is 12.0 Å². The average Bonchev–Trinajstić information content (AvgIpc) is 3.10. The third kappa shape index (κ3) is 3.85. The molecule has 1 saturated heterocycles. The van der Waals surface area contributed by atoms with Gasteiger partial charge in [-0.2, -0.15) is 0 Å². The first-order valence-corrected chi connectivity index (χ1v) is 8.64. The van der Waals surface area contributed by atoms with Crippen LogP contribution < -0.4 is 10.6 Å². The molecule has 2 aliphatic rings. The molecule has 0 bridgehead atoms. The first-order valence-electron chi connectivity index (χ1n) is 8.64. The standard InChI is InChI=1S/C18H21F2N3O3/c1-2-26-17(24)15-14(10-23-7-3-4-8-23)21-18(25)22-16(15)11-5-6-12(19)13(20)9-11/h5-6,9,16H,2-4,7-8,10H2,1H3,(H2,21,22,25)/t16-/m0/s1. The Balaban J connectivity index is 2.02. The van der Waals surface area contributed by atoms with Crippen molar-refractivity contribution in [3.05, 3.63) is 46.7 Å². The normalized spacial score (nSPS) is 20.7. The molecule has 3 rings (SSSR count). The van der Waals surface area contributed by atoms with Crippen LogP contribution in [0.25, 0.3) is 0 Å². The van der Waals surface area contributed by atoms with Crippen LogP contribution in [-0.2, 0) is 9.53 Å². The molecule has 140 valence electrons. The van der Waals surface area contributed by atoms with Crippen LogP contribution in [0.15, 0.2) is 29.5 Å². The summed E-state index contributed by atoms with van der Waals surface area (Å²) in [4.78, 5) is 26.8. The van der Waals surface area contributed by atoms with E-state index in [-0.39, 0.29) is 17.7 Å². The summed E-state index contributed by atoms with van der Waals surface area (Å²) >= 11 is 0. The molecule has 0 unspecified atom stereocenters. The number of esters is 1. The molecule has 2 aliphatic heterocycles. The number of carbonyl (C=O) groups excluding carboxylic acids is 2. The first-order chi connectivity index (χ1) is 12.5. The molecule has 0 aliphatic carbocycles. The number of urea groups is 1. The molecular weight excluding hydrogens is 344 g/mol. The number of rotatable bonds is 5. The van der Waals surface area contributed by atoms with Crippen molar-refractivity contribution < 1.29 is 23.1 Å². The number of nitrogens with zero attached hydrogens (tertiary/aromatic N) is 1. The fourth-order valence-electron chi connectivity index (χ4n) is 3.30. The number of amides is 2. The second-order valence-electron chi connectivity index (χ2n) is 6.30. The average molecular weight is 365 g/mol. The fraction of sp³-hybridized carbons (Fsp3) is 0.444. The Kier molecular flexibility index (Phi) is 5.51. The number of carbonyl (C=O) groups is 2. The smallest absolute Gasteiger partial charge is 0.338 e. The molecule has 0 radical (unpaired) electrons. The highest BCUT2D eigenvalue weighted by Gasteiger charge is 2.34. The van der Waals surface area contributed by atoms with Gasteiger partial charge in [-0.05, 0) is 50.6 Å². The van der Waals surface area contributed by atoms with E-state index in [2.05, 4.69) is 15.5 Å². The van der Waals surface area contributed by atoms with Crippen molar-refractivity contribution in [3.63, 3.8) is 0 Å². The third-order valence-electron chi connectivity index (χ3n) is 4.51. The Morgan fingerprint density at radius 1 is 1.27 bits per heavy atom. The Hall–Kier alpha value is -2.48. The molecule has 2 heterocycles. The molecule has 2 amide bonds. The molecule has 1 atom stereocenters. The van der Waals surface area contributed by atoms with Gasteiger partial charge in [-0.3, -0.25) is 4.90 Å². The number of likely N-dealkylation sites (tertiary alicyclic amines) is 1. The number of ether oxygens (including phenoxy) is 1. The van der Waals surface area contributed by atoms with E-state index in [4.69, 9.17) is 4.74 Å². The lowest BCUT2D eigenvalue weighted by Crippen LogP contribution is -2.48. The number of benzene rings is 1. The van der Waals surface area contributed by atoms with Crippen LogP contribution in [0.4, 0.5) is 13.6 Å². The maximum absolute atomic E-state index is 13.7. The number of hydrogen-bond donors (Lipinski definition) is 2. The molecule has 0 spiro atoms. The van der Waals surface area contributed by atoms with Gasteiger partial charge in [0, 0.05) is 12.2 Å². The van der Waals surface area contributed by atoms with Gasteiger partial charge < -0.3 is 15.4 Å². The second kappa shape index (κ2) is 7.82. The Morgan fingerprint density at radius 3 is 2.65 bits per heavy atom. The predicted molar refractivity (Wildman–Crippen MR) is 90.1 cm³/mol. The number of nitrogens with one attached hydrogen (secondary N) is 2. The minimum Gasteiger partial charge on any atom is -0.463 e. The Bertz CT molecular complexity index is 745. The predicted octanol–water partition coefficient (Wildman–Crippen LogP) is 2.23. The molecule has 1 fully saturated rings. The van der Waals surface area contributed by atoms with Gasteiger partial charge in [0.25, 0.3) is 0 Å². The highest BCUT2D eigenvalue weighted by molar-refractivity contribution is 5.95. The van der Waals surface area contributed by atoms with Crippen molar-refractivity contribution in [1.82, 2.24) is 15.5 Å². The summed E-state index contributed by atoms with van der Waals surface area (Å²) in [5.41, 5.74) is 0.925. The largest absolute Gasteiger partial charge is 0.463 e. The zero-order chi connectivity index (χ0) is 18.7. The SMILES string of the molecule is CCOC(=O)C1=C(CN2CCCC2)NC(=O)N[C@H]1c1ccc(F)c(F)c1. The second-order valence-corrected chi connectivity index (χ2v) is 6.30. The van der Waals surface area contributed by atoms with E-state index in [0.29, 0.717) is 12.2 Å². The van der Waals surface area contributed by atoms with Crippen LogP contribution in [0, 0.1) is 11.6 Å². The molecule has 26 heavy (non-hydrogen) atoms.